The van der Waals surface area contributed by atoms with Crippen LogP contribution >= 0.6 is 0 Å². The van der Waals surface area contributed by atoms with Gasteiger partial charge in [-0.25, -0.2) is 0 Å². The van der Waals surface area contributed by atoms with E-state index < -0.39 is 0 Å². The minimum atomic E-state index is 0.0643. The van der Waals surface area contributed by atoms with E-state index in [4.69, 9.17) is 0 Å². The molecule has 11 aromatic carbocycles. The lowest BCUT2D eigenvalue weighted by Gasteiger charge is -2.34. The van der Waals surface area contributed by atoms with Gasteiger partial charge in [0.2, 0.25) is 0 Å². The minimum absolute atomic E-state index is 0.0643. The lowest BCUT2D eigenvalue weighted by Crippen LogP contribution is -2.59. The largest absolute Gasteiger partial charge is 0.310 e. The average molecular weight is 717 g/mol. The Morgan fingerprint density at radius 3 is 1.44 bits per heavy atom. The van der Waals surface area contributed by atoms with E-state index in [0.717, 1.165) is 0 Å². The van der Waals surface area contributed by atoms with Crippen molar-refractivity contribution in [2.45, 2.75) is 0 Å². The van der Waals surface area contributed by atoms with Gasteiger partial charge in [-0.2, -0.15) is 0 Å². The molecule has 258 valence electrons. The summed E-state index contributed by atoms with van der Waals surface area (Å²) < 4.78 is 5.26. The molecule has 0 amide bonds. The second kappa shape index (κ2) is 9.89. The lowest BCUT2D eigenvalue weighted by molar-refractivity contribution is 1.15. The van der Waals surface area contributed by atoms with Gasteiger partial charge in [0, 0.05) is 49.2 Å². The molecule has 0 bridgehead atoms. The molecule has 13 aromatic rings. The van der Waals surface area contributed by atoms with E-state index in [-0.39, 0.29) is 6.71 Å². The van der Waals surface area contributed by atoms with E-state index in [1.54, 1.807) is 0 Å². The second-order valence-electron chi connectivity index (χ2n) is 16.3. The summed E-state index contributed by atoms with van der Waals surface area (Å²) in [5.74, 6) is 0. The van der Waals surface area contributed by atoms with Crippen LogP contribution in [0.25, 0.3) is 120 Å². The highest BCUT2D eigenvalue weighted by molar-refractivity contribution is 7.00. The van der Waals surface area contributed by atoms with Crippen molar-refractivity contribution < 1.29 is 0 Å². The first-order chi connectivity index (χ1) is 28.3. The van der Waals surface area contributed by atoms with Gasteiger partial charge in [0.05, 0.1) is 16.6 Å². The highest BCUT2D eigenvalue weighted by Crippen LogP contribution is 2.47. The Morgan fingerprint density at radius 1 is 0.281 bits per heavy atom. The average Bonchev–Trinajstić information content (AvgIpc) is 3.81. The number of fused-ring (bicyclic) bond motifs is 24. The summed E-state index contributed by atoms with van der Waals surface area (Å²) in [6.07, 6.45) is 0. The van der Waals surface area contributed by atoms with Gasteiger partial charge >= 0.3 is 0 Å². The third-order valence-electron chi connectivity index (χ3n) is 13.8. The van der Waals surface area contributed by atoms with E-state index in [9.17, 15) is 0 Å². The summed E-state index contributed by atoms with van der Waals surface area (Å²) in [7, 11) is 0. The van der Waals surface area contributed by atoms with Crippen LogP contribution in [-0.4, -0.2) is 15.8 Å². The van der Waals surface area contributed by atoms with Crippen molar-refractivity contribution in [3.8, 4) is 11.4 Å². The van der Waals surface area contributed by atoms with Gasteiger partial charge < -0.3 is 9.13 Å². The van der Waals surface area contributed by atoms with Gasteiger partial charge in [-0.15, -0.1) is 0 Å². The summed E-state index contributed by atoms with van der Waals surface area (Å²) in [5.41, 5.74) is 11.9. The molecule has 2 aliphatic rings. The Labute approximate surface area is 326 Å². The number of hydrogen-bond acceptors (Lipinski definition) is 0. The van der Waals surface area contributed by atoms with E-state index in [1.807, 2.05) is 0 Å². The fourth-order valence-electron chi connectivity index (χ4n) is 11.8. The lowest BCUT2D eigenvalue weighted by atomic mass is 9.34. The fraction of sp³-hybridized carbons (Fsp3) is 0. The van der Waals surface area contributed by atoms with Crippen LogP contribution in [0.15, 0.2) is 176 Å². The molecular formula is C54H29BN2. The monoisotopic (exact) mass is 716 g/mol. The normalized spacial score (nSPS) is 13.2. The molecule has 0 saturated carbocycles. The van der Waals surface area contributed by atoms with Crippen LogP contribution in [0.4, 0.5) is 0 Å². The van der Waals surface area contributed by atoms with Crippen molar-refractivity contribution in [3.63, 3.8) is 0 Å². The molecule has 4 heterocycles. The molecule has 0 fully saturated rings. The molecule has 0 aliphatic carbocycles. The summed E-state index contributed by atoms with van der Waals surface area (Å²) in [6.45, 7) is 0.0643. The van der Waals surface area contributed by atoms with Gasteiger partial charge in [0.1, 0.15) is 0 Å². The highest BCUT2D eigenvalue weighted by Gasteiger charge is 2.41. The van der Waals surface area contributed by atoms with Crippen LogP contribution in [0.5, 0.6) is 0 Å². The number of nitrogens with zero attached hydrogens (tertiary/aromatic N) is 2. The molecule has 0 spiro atoms. The second-order valence-corrected chi connectivity index (χ2v) is 16.3. The Hall–Kier alpha value is -7.36. The summed E-state index contributed by atoms with van der Waals surface area (Å²) in [5, 5.41) is 21.1. The van der Waals surface area contributed by atoms with Crippen molar-refractivity contribution >= 4 is 131 Å². The number of benzene rings is 11. The first kappa shape index (κ1) is 29.0. The van der Waals surface area contributed by atoms with Crippen molar-refractivity contribution in [1.82, 2.24) is 9.13 Å². The Balaban J connectivity index is 1.20. The molecule has 0 radical (unpaired) electrons. The van der Waals surface area contributed by atoms with Gasteiger partial charge in [-0.05, 0) is 88.4 Å². The maximum Gasteiger partial charge on any atom is 0.252 e. The summed E-state index contributed by atoms with van der Waals surface area (Å²) in [4.78, 5) is 0. The highest BCUT2D eigenvalue weighted by atomic mass is 15.0. The zero-order valence-corrected chi connectivity index (χ0v) is 30.7. The molecule has 57 heavy (non-hydrogen) atoms. The molecule has 3 heteroatoms. The van der Waals surface area contributed by atoms with Crippen LogP contribution in [0.3, 0.4) is 0 Å². The molecule has 0 atom stereocenters. The Morgan fingerprint density at radius 2 is 0.754 bits per heavy atom. The molecule has 0 saturated heterocycles. The zero-order valence-electron chi connectivity index (χ0n) is 30.7. The van der Waals surface area contributed by atoms with Crippen LogP contribution in [-0.2, 0) is 0 Å². The van der Waals surface area contributed by atoms with E-state index in [1.165, 1.54) is 136 Å². The predicted octanol–water partition coefficient (Wildman–Crippen LogP) is 11.9. The molecule has 15 rings (SSSR count). The third kappa shape index (κ3) is 3.24. The van der Waals surface area contributed by atoms with Crippen molar-refractivity contribution in [2.24, 2.45) is 0 Å². The van der Waals surface area contributed by atoms with E-state index in [2.05, 4.69) is 185 Å². The first-order valence-electron chi connectivity index (χ1n) is 20.1. The van der Waals surface area contributed by atoms with Gasteiger partial charge in [0.15, 0.2) is 0 Å². The van der Waals surface area contributed by atoms with E-state index >= 15 is 0 Å². The third-order valence-corrected chi connectivity index (χ3v) is 13.8. The van der Waals surface area contributed by atoms with Crippen LogP contribution in [0.1, 0.15) is 0 Å². The van der Waals surface area contributed by atoms with Crippen LogP contribution in [0.2, 0.25) is 0 Å². The van der Waals surface area contributed by atoms with Crippen molar-refractivity contribution in [2.75, 3.05) is 0 Å². The Bertz CT molecular complexity index is 4020. The molecule has 0 N–H and O–H groups in total. The first-order valence-corrected chi connectivity index (χ1v) is 20.1. The topological polar surface area (TPSA) is 9.86 Å². The minimum Gasteiger partial charge on any atom is -0.310 e. The fourth-order valence-corrected chi connectivity index (χ4v) is 11.8. The molecule has 2 aliphatic heterocycles. The van der Waals surface area contributed by atoms with Gasteiger partial charge in [-0.3, -0.25) is 0 Å². The number of rotatable bonds is 0. The molecular weight excluding hydrogens is 687 g/mol. The molecule has 2 aromatic heterocycles. The molecule has 0 unspecified atom stereocenters. The maximum absolute atomic E-state index is 2.65. The quantitative estimate of drug-likeness (QED) is 0.109. The molecule has 2 nitrogen and oxygen atoms in total. The zero-order chi connectivity index (χ0) is 36.7. The van der Waals surface area contributed by atoms with Gasteiger partial charge in [-0.1, -0.05) is 158 Å². The SMILES string of the molecule is c1cc2c3c(c1)-n1c4c(cccc4c4ccc5c6ccccc6c6ccccc6c5c41)B3c1cc3c4ccccc4c4ccccc4c3c3c4ccccc4n-2c13. The maximum atomic E-state index is 2.65. The van der Waals surface area contributed by atoms with E-state index in [0.29, 0.717) is 0 Å². The van der Waals surface area contributed by atoms with Crippen molar-refractivity contribution in [1.29, 1.82) is 0 Å². The van der Waals surface area contributed by atoms with Crippen LogP contribution < -0.4 is 16.4 Å². The summed E-state index contributed by atoms with van der Waals surface area (Å²) in [6, 6.07) is 66.7. The number of aromatic nitrogens is 2. The van der Waals surface area contributed by atoms with Crippen molar-refractivity contribution in [3.05, 3.63) is 176 Å². The standard InChI is InChI=1S/C54H29BN2/c1-3-17-34-30(13-1)33-16-6-8-20-37(33)49-38(34)27-28-40-39-22-11-23-43-52(39)57(53(40)49)47-26-12-25-46-51(47)55(43)44-29-42-35-18-4-2-14-31(35)32-15-5-7-19-36(32)48(42)50-41-21-9-10-24-45(41)56(46)54(44)50/h1-29H. The smallest absolute Gasteiger partial charge is 0.252 e. The summed E-state index contributed by atoms with van der Waals surface area (Å²) >= 11 is 0. The predicted molar refractivity (Wildman–Crippen MR) is 245 cm³/mol. The number of para-hydroxylation sites is 2. The Kier molecular flexibility index (Phi) is 5.03. The van der Waals surface area contributed by atoms with Crippen LogP contribution in [0, 0.1) is 0 Å². The van der Waals surface area contributed by atoms with Gasteiger partial charge in [0.25, 0.3) is 6.71 Å². The number of hydrogen-bond donors (Lipinski definition) is 0.